The summed E-state index contributed by atoms with van der Waals surface area (Å²) in [6.45, 7) is 3.76. The van der Waals surface area contributed by atoms with E-state index in [-0.39, 0.29) is 11.8 Å². The quantitative estimate of drug-likeness (QED) is 0.589. The van der Waals surface area contributed by atoms with Crippen LogP contribution in [0.2, 0.25) is 0 Å². The van der Waals surface area contributed by atoms with E-state index in [1.165, 1.54) is 5.69 Å². The number of para-hydroxylation sites is 1. The monoisotopic (exact) mass is 467 g/mol. The lowest BCUT2D eigenvalue weighted by Gasteiger charge is -2.48. The average Bonchev–Trinajstić information content (AvgIpc) is 3.34. The SMILES string of the molecule is O=C([C@H]1c2ccccc2C(=O)N2CCO[C@]12Cc1ccccc1)N1CCN(c2ccccc2)CC1. The van der Waals surface area contributed by atoms with Gasteiger partial charge in [-0.15, -0.1) is 0 Å². The van der Waals surface area contributed by atoms with Crippen LogP contribution in [0.1, 0.15) is 27.4 Å². The van der Waals surface area contributed by atoms with Crippen molar-refractivity contribution >= 4 is 17.5 Å². The van der Waals surface area contributed by atoms with Crippen LogP contribution in [0.3, 0.4) is 0 Å². The molecule has 6 nitrogen and oxygen atoms in total. The maximum absolute atomic E-state index is 14.3. The Bertz CT molecular complexity index is 1220. The fraction of sp³-hybridized carbons (Fsp3) is 0.310. The van der Waals surface area contributed by atoms with Crippen LogP contribution >= 0.6 is 0 Å². The lowest BCUT2D eigenvalue weighted by atomic mass is 9.76. The highest BCUT2D eigenvalue weighted by molar-refractivity contribution is 6.02. The minimum atomic E-state index is -1.01. The van der Waals surface area contributed by atoms with Gasteiger partial charge in [-0.05, 0) is 29.3 Å². The Morgan fingerprint density at radius 1 is 0.829 bits per heavy atom. The summed E-state index contributed by atoms with van der Waals surface area (Å²) in [5.41, 5.74) is 2.61. The highest BCUT2D eigenvalue weighted by Gasteiger charge is 2.59. The summed E-state index contributed by atoms with van der Waals surface area (Å²) in [4.78, 5) is 33.9. The van der Waals surface area contributed by atoms with E-state index in [1.807, 2.05) is 82.6 Å². The van der Waals surface area contributed by atoms with Crippen LogP contribution < -0.4 is 4.90 Å². The molecular formula is C29H29N3O3. The first-order valence-electron chi connectivity index (χ1n) is 12.3. The minimum Gasteiger partial charge on any atom is -0.368 e. The van der Waals surface area contributed by atoms with E-state index in [4.69, 9.17) is 4.74 Å². The third kappa shape index (κ3) is 3.69. The average molecular weight is 468 g/mol. The Morgan fingerprint density at radius 2 is 1.49 bits per heavy atom. The van der Waals surface area contributed by atoms with Gasteiger partial charge >= 0.3 is 0 Å². The van der Waals surface area contributed by atoms with E-state index in [2.05, 4.69) is 17.0 Å². The fourth-order valence-electron chi connectivity index (χ4n) is 5.89. The van der Waals surface area contributed by atoms with E-state index in [0.29, 0.717) is 38.2 Å². The molecule has 0 bridgehead atoms. The van der Waals surface area contributed by atoms with E-state index >= 15 is 0 Å². The van der Waals surface area contributed by atoms with Crippen molar-refractivity contribution in [3.05, 3.63) is 102 Å². The first-order chi connectivity index (χ1) is 17.2. The number of amides is 2. The zero-order valence-electron chi connectivity index (χ0n) is 19.7. The highest BCUT2D eigenvalue weighted by atomic mass is 16.5. The number of piperazine rings is 1. The molecule has 35 heavy (non-hydrogen) atoms. The van der Waals surface area contributed by atoms with Crippen molar-refractivity contribution in [3.63, 3.8) is 0 Å². The van der Waals surface area contributed by atoms with Gasteiger partial charge in [-0.2, -0.15) is 0 Å². The second-order valence-corrected chi connectivity index (χ2v) is 9.48. The number of nitrogens with zero attached hydrogens (tertiary/aromatic N) is 3. The predicted molar refractivity (Wildman–Crippen MR) is 134 cm³/mol. The molecule has 6 rings (SSSR count). The van der Waals surface area contributed by atoms with Gasteiger partial charge in [0.1, 0.15) is 5.92 Å². The third-order valence-corrected chi connectivity index (χ3v) is 7.58. The Hall–Kier alpha value is -3.64. The van der Waals surface area contributed by atoms with Crippen LogP contribution in [0, 0.1) is 0 Å². The standard InChI is InChI=1S/C29H29N3O3/c33-27-25-14-8-7-13-24(25)26(29(32(27)19-20-35-29)21-22-9-3-1-4-10-22)28(34)31-17-15-30(16-18-31)23-11-5-2-6-12-23/h1-14,26H,15-21H2/t26-,29-/m1/s1. The summed E-state index contributed by atoms with van der Waals surface area (Å²) in [5.74, 6) is -0.574. The molecule has 0 aromatic heterocycles. The van der Waals surface area contributed by atoms with Gasteiger partial charge in [0.2, 0.25) is 5.91 Å². The second kappa shape index (κ2) is 8.86. The molecule has 0 N–H and O–H groups in total. The fourth-order valence-corrected chi connectivity index (χ4v) is 5.89. The number of carbonyl (C=O) groups is 2. The second-order valence-electron chi connectivity index (χ2n) is 9.48. The van der Waals surface area contributed by atoms with Crippen LogP contribution in [-0.4, -0.2) is 66.7 Å². The van der Waals surface area contributed by atoms with Crippen molar-refractivity contribution in [2.24, 2.45) is 0 Å². The Balaban J connectivity index is 1.35. The molecule has 178 valence electrons. The highest BCUT2D eigenvalue weighted by Crippen LogP contribution is 2.47. The van der Waals surface area contributed by atoms with Gasteiger partial charge in [0.05, 0.1) is 6.61 Å². The van der Waals surface area contributed by atoms with Crippen molar-refractivity contribution in [3.8, 4) is 0 Å². The first kappa shape index (κ1) is 21.9. The van der Waals surface area contributed by atoms with Crippen LogP contribution in [-0.2, 0) is 16.0 Å². The summed E-state index contributed by atoms with van der Waals surface area (Å²) in [6.07, 6.45) is 0.480. The van der Waals surface area contributed by atoms with E-state index < -0.39 is 11.6 Å². The van der Waals surface area contributed by atoms with Gasteiger partial charge in [-0.1, -0.05) is 66.7 Å². The van der Waals surface area contributed by atoms with Crippen molar-refractivity contribution < 1.29 is 14.3 Å². The molecule has 2 fully saturated rings. The largest absolute Gasteiger partial charge is 0.368 e. The lowest BCUT2D eigenvalue weighted by molar-refractivity contribution is -0.150. The molecular weight excluding hydrogens is 438 g/mol. The molecule has 2 saturated heterocycles. The van der Waals surface area contributed by atoms with Crippen molar-refractivity contribution in [2.45, 2.75) is 18.1 Å². The molecule has 3 aromatic rings. The Kier molecular flexibility index (Phi) is 5.53. The van der Waals surface area contributed by atoms with E-state index in [9.17, 15) is 9.59 Å². The van der Waals surface area contributed by atoms with Gasteiger partial charge < -0.3 is 19.4 Å². The Morgan fingerprint density at radius 3 is 2.23 bits per heavy atom. The summed E-state index contributed by atoms with van der Waals surface area (Å²) < 4.78 is 6.44. The van der Waals surface area contributed by atoms with Gasteiger partial charge in [0.25, 0.3) is 5.91 Å². The summed E-state index contributed by atoms with van der Waals surface area (Å²) in [6, 6.07) is 27.9. The first-order valence-corrected chi connectivity index (χ1v) is 12.3. The third-order valence-electron chi connectivity index (χ3n) is 7.58. The van der Waals surface area contributed by atoms with Gasteiger partial charge in [-0.3, -0.25) is 9.59 Å². The molecule has 6 heteroatoms. The van der Waals surface area contributed by atoms with Crippen molar-refractivity contribution in [2.75, 3.05) is 44.2 Å². The van der Waals surface area contributed by atoms with Crippen LogP contribution in [0.15, 0.2) is 84.9 Å². The van der Waals surface area contributed by atoms with Crippen LogP contribution in [0.25, 0.3) is 0 Å². The van der Waals surface area contributed by atoms with E-state index in [1.54, 1.807) is 0 Å². The molecule has 0 saturated carbocycles. The minimum absolute atomic E-state index is 0.0421. The number of benzene rings is 3. The number of carbonyl (C=O) groups excluding carboxylic acids is 2. The van der Waals surface area contributed by atoms with Crippen molar-refractivity contribution in [1.82, 2.24) is 9.80 Å². The maximum atomic E-state index is 14.3. The number of rotatable bonds is 4. The molecule has 0 radical (unpaired) electrons. The van der Waals surface area contributed by atoms with Crippen LogP contribution in [0.5, 0.6) is 0 Å². The van der Waals surface area contributed by atoms with Gasteiger partial charge in [0, 0.05) is 50.4 Å². The molecule has 3 aliphatic rings. The molecule has 0 spiro atoms. The molecule has 3 aliphatic heterocycles. The number of hydrogen-bond acceptors (Lipinski definition) is 4. The molecule has 2 amide bonds. The Labute approximate surface area is 205 Å². The van der Waals surface area contributed by atoms with Gasteiger partial charge in [-0.25, -0.2) is 0 Å². The van der Waals surface area contributed by atoms with Gasteiger partial charge in [0.15, 0.2) is 5.72 Å². The number of ether oxygens (including phenoxy) is 1. The smallest absolute Gasteiger partial charge is 0.256 e. The zero-order chi connectivity index (χ0) is 23.8. The summed E-state index contributed by atoms with van der Waals surface area (Å²) >= 11 is 0. The summed E-state index contributed by atoms with van der Waals surface area (Å²) in [7, 11) is 0. The molecule has 0 unspecified atom stereocenters. The summed E-state index contributed by atoms with van der Waals surface area (Å²) in [5, 5.41) is 0. The number of hydrogen-bond donors (Lipinski definition) is 0. The molecule has 2 atom stereocenters. The van der Waals surface area contributed by atoms with E-state index in [0.717, 1.165) is 24.2 Å². The molecule has 0 aliphatic carbocycles. The normalized spacial score (nSPS) is 23.7. The lowest BCUT2D eigenvalue weighted by Crippen LogP contribution is -2.62. The predicted octanol–water partition coefficient (Wildman–Crippen LogP) is 3.54. The zero-order valence-corrected chi connectivity index (χ0v) is 19.7. The maximum Gasteiger partial charge on any atom is 0.256 e. The van der Waals surface area contributed by atoms with Crippen molar-refractivity contribution in [1.29, 1.82) is 0 Å². The molecule has 3 heterocycles. The molecule has 3 aromatic carbocycles. The topological polar surface area (TPSA) is 53.1 Å². The number of anilines is 1. The van der Waals surface area contributed by atoms with Crippen LogP contribution in [0.4, 0.5) is 5.69 Å². The number of fused-ring (bicyclic) bond motifs is 2.